The molecule has 6 heteroatoms. The molecule has 0 spiro atoms. The number of carboxylic acids is 1. The Labute approximate surface area is 116 Å². The van der Waals surface area contributed by atoms with Crippen molar-refractivity contribution in [3.8, 4) is 0 Å². The van der Waals surface area contributed by atoms with Crippen molar-refractivity contribution in [3.05, 3.63) is 0 Å². The van der Waals surface area contributed by atoms with Crippen molar-refractivity contribution < 1.29 is 19.5 Å². The summed E-state index contributed by atoms with van der Waals surface area (Å²) in [6, 6.07) is 0. The van der Waals surface area contributed by atoms with Crippen LogP contribution in [0, 0.1) is 5.92 Å². The molecule has 1 N–H and O–H groups in total. The van der Waals surface area contributed by atoms with Crippen molar-refractivity contribution in [1.29, 1.82) is 0 Å². The van der Waals surface area contributed by atoms with Gasteiger partial charge in [0.05, 0.1) is 0 Å². The molecule has 2 aliphatic rings. The van der Waals surface area contributed by atoms with Crippen molar-refractivity contribution >= 4 is 28.8 Å². The number of hydrogen-bond acceptors (Lipinski definition) is 4. The molecule has 1 saturated heterocycles. The van der Waals surface area contributed by atoms with Crippen LogP contribution in [0.15, 0.2) is 0 Å². The van der Waals surface area contributed by atoms with Gasteiger partial charge in [0.2, 0.25) is 5.91 Å². The van der Waals surface area contributed by atoms with Gasteiger partial charge in [-0.2, -0.15) is 0 Å². The lowest BCUT2D eigenvalue weighted by Crippen LogP contribution is -2.53. The molecule has 0 aromatic heterocycles. The minimum atomic E-state index is -0.979. The fourth-order valence-corrected chi connectivity index (χ4v) is 3.79. The zero-order valence-electron chi connectivity index (χ0n) is 11.1. The summed E-state index contributed by atoms with van der Waals surface area (Å²) in [5.74, 6) is -0.248. The highest BCUT2D eigenvalue weighted by molar-refractivity contribution is 8.13. The smallest absolute Gasteiger partial charge is 0.329 e. The Morgan fingerprint density at radius 1 is 1.42 bits per heavy atom. The molecule has 1 amide bonds. The monoisotopic (exact) mass is 285 g/mol. The number of amides is 1. The molecule has 0 aromatic carbocycles. The van der Waals surface area contributed by atoms with Crippen LogP contribution in [-0.4, -0.2) is 44.8 Å². The SMILES string of the molecule is CC(=O)SCC1CC(=O)N(C2(C(=O)O)CCCC2)C1. The average Bonchev–Trinajstić information content (AvgIpc) is 2.93. The van der Waals surface area contributed by atoms with Gasteiger partial charge < -0.3 is 10.0 Å². The molecule has 0 bridgehead atoms. The van der Waals surface area contributed by atoms with E-state index in [0.29, 0.717) is 31.6 Å². The normalized spacial score (nSPS) is 25.8. The van der Waals surface area contributed by atoms with Crippen molar-refractivity contribution in [2.45, 2.75) is 44.6 Å². The van der Waals surface area contributed by atoms with Crippen molar-refractivity contribution in [3.63, 3.8) is 0 Å². The van der Waals surface area contributed by atoms with E-state index >= 15 is 0 Å². The predicted octanol–water partition coefficient (Wildman–Crippen LogP) is 1.51. The summed E-state index contributed by atoms with van der Waals surface area (Å²) in [6.07, 6.45) is 3.21. The Hall–Kier alpha value is -1.04. The Morgan fingerprint density at radius 3 is 2.58 bits per heavy atom. The quantitative estimate of drug-likeness (QED) is 0.847. The minimum absolute atomic E-state index is 0.0414. The number of likely N-dealkylation sites (tertiary alicyclic amines) is 1. The first-order valence-corrected chi connectivity index (χ1v) is 7.61. The molecular formula is C13H19NO4S. The van der Waals surface area contributed by atoms with Crippen LogP contribution in [0.1, 0.15) is 39.0 Å². The molecule has 5 nitrogen and oxygen atoms in total. The summed E-state index contributed by atoms with van der Waals surface area (Å²) < 4.78 is 0. The third-order valence-electron chi connectivity index (χ3n) is 4.07. The highest BCUT2D eigenvalue weighted by Crippen LogP contribution is 2.39. The maximum absolute atomic E-state index is 12.1. The summed E-state index contributed by atoms with van der Waals surface area (Å²) in [7, 11) is 0. The van der Waals surface area contributed by atoms with Crippen LogP contribution in [0.5, 0.6) is 0 Å². The third-order valence-corrected chi connectivity index (χ3v) is 5.12. The molecule has 106 valence electrons. The maximum atomic E-state index is 12.1. The van der Waals surface area contributed by atoms with E-state index in [0.717, 1.165) is 12.8 Å². The van der Waals surface area contributed by atoms with Crippen molar-refractivity contribution in [1.82, 2.24) is 4.90 Å². The highest BCUT2D eigenvalue weighted by Gasteiger charge is 2.51. The van der Waals surface area contributed by atoms with Gasteiger partial charge in [-0.15, -0.1) is 0 Å². The van der Waals surface area contributed by atoms with Gasteiger partial charge in [-0.3, -0.25) is 9.59 Å². The fourth-order valence-electron chi connectivity index (χ4n) is 3.10. The van der Waals surface area contributed by atoms with E-state index in [1.54, 1.807) is 4.90 Å². The predicted molar refractivity (Wildman–Crippen MR) is 71.8 cm³/mol. The average molecular weight is 285 g/mol. The molecule has 1 aliphatic carbocycles. The minimum Gasteiger partial charge on any atom is -0.479 e. The summed E-state index contributed by atoms with van der Waals surface area (Å²) >= 11 is 1.22. The summed E-state index contributed by atoms with van der Waals surface area (Å²) in [5, 5.41) is 9.53. The van der Waals surface area contributed by atoms with Crippen LogP contribution in [0.3, 0.4) is 0 Å². The molecule has 0 radical (unpaired) electrons. The van der Waals surface area contributed by atoms with Crippen LogP contribution in [0.4, 0.5) is 0 Å². The number of nitrogens with zero attached hydrogens (tertiary/aromatic N) is 1. The second kappa shape index (κ2) is 5.53. The molecule has 1 unspecified atom stereocenters. The number of carbonyl (C=O) groups excluding carboxylic acids is 2. The van der Waals surface area contributed by atoms with Crippen molar-refractivity contribution in [2.75, 3.05) is 12.3 Å². The molecule has 19 heavy (non-hydrogen) atoms. The lowest BCUT2D eigenvalue weighted by Gasteiger charge is -2.35. The van der Waals surface area contributed by atoms with E-state index in [1.807, 2.05) is 0 Å². The Kier molecular flexibility index (Phi) is 4.18. The highest BCUT2D eigenvalue weighted by atomic mass is 32.2. The number of carboxylic acid groups (broad SMARTS) is 1. The van der Waals surface area contributed by atoms with Crippen LogP contribution in [0.25, 0.3) is 0 Å². The van der Waals surface area contributed by atoms with E-state index in [9.17, 15) is 19.5 Å². The largest absolute Gasteiger partial charge is 0.479 e. The van der Waals surface area contributed by atoms with Crippen molar-refractivity contribution in [2.24, 2.45) is 5.92 Å². The number of hydrogen-bond donors (Lipinski definition) is 1. The summed E-state index contributed by atoms with van der Waals surface area (Å²) in [4.78, 5) is 36.2. The summed E-state index contributed by atoms with van der Waals surface area (Å²) in [5.41, 5.74) is -0.979. The molecule has 0 aromatic rings. The van der Waals surface area contributed by atoms with Gasteiger partial charge in [-0.1, -0.05) is 24.6 Å². The molecule has 2 fully saturated rings. The zero-order valence-corrected chi connectivity index (χ0v) is 11.9. The van der Waals surface area contributed by atoms with Crippen LogP contribution >= 0.6 is 11.8 Å². The Morgan fingerprint density at radius 2 is 2.05 bits per heavy atom. The van der Waals surface area contributed by atoms with E-state index in [-0.39, 0.29) is 16.9 Å². The lowest BCUT2D eigenvalue weighted by atomic mass is 9.95. The number of thioether (sulfide) groups is 1. The topological polar surface area (TPSA) is 74.7 Å². The van der Waals surface area contributed by atoms with E-state index in [4.69, 9.17) is 0 Å². The first-order valence-electron chi connectivity index (χ1n) is 6.63. The van der Waals surface area contributed by atoms with Gasteiger partial charge in [-0.05, 0) is 18.8 Å². The number of aliphatic carboxylic acids is 1. The third kappa shape index (κ3) is 2.78. The molecule has 2 rings (SSSR count). The zero-order chi connectivity index (χ0) is 14.0. The van der Waals surface area contributed by atoms with Gasteiger partial charge in [0.25, 0.3) is 0 Å². The van der Waals surface area contributed by atoms with Gasteiger partial charge in [0.1, 0.15) is 5.54 Å². The first kappa shape index (κ1) is 14.4. The van der Waals surface area contributed by atoms with E-state index in [1.165, 1.54) is 18.7 Å². The van der Waals surface area contributed by atoms with Gasteiger partial charge in [0.15, 0.2) is 5.12 Å². The maximum Gasteiger partial charge on any atom is 0.329 e. The van der Waals surface area contributed by atoms with Gasteiger partial charge in [-0.25, -0.2) is 4.79 Å². The second-order valence-electron chi connectivity index (χ2n) is 5.42. The van der Waals surface area contributed by atoms with E-state index < -0.39 is 11.5 Å². The van der Waals surface area contributed by atoms with Gasteiger partial charge >= 0.3 is 5.97 Å². The Balaban J connectivity index is 2.06. The molecule has 1 heterocycles. The lowest BCUT2D eigenvalue weighted by molar-refractivity contribution is -0.156. The summed E-state index contributed by atoms with van der Waals surface area (Å²) in [6.45, 7) is 1.99. The van der Waals surface area contributed by atoms with Crippen LogP contribution in [0.2, 0.25) is 0 Å². The molecular weight excluding hydrogens is 266 g/mol. The number of carbonyl (C=O) groups is 3. The molecule has 1 saturated carbocycles. The number of rotatable bonds is 4. The standard InChI is InChI=1S/C13H19NO4S/c1-9(15)19-8-10-6-11(16)14(7-10)13(12(17)18)4-2-3-5-13/h10H,2-8H2,1H3,(H,17,18). The second-order valence-corrected chi connectivity index (χ2v) is 6.62. The fraction of sp³-hybridized carbons (Fsp3) is 0.769. The molecule has 1 aliphatic heterocycles. The van der Waals surface area contributed by atoms with Gasteiger partial charge in [0, 0.05) is 25.6 Å². The van der Waals surface area contributed by atoms with E-state index in [2.05, 4.69) is 0 Å². The first-order chi connectivity index (χ1) is 8.95. The van der Waals surface area contributed by atoms with Crippen LogP contribution < -0.4 is 0 Å². The Bertz CT molecular complexity index is 403. The molecule has 1 atom stereocenters. The van der Waals surface area contributed by atoms with Crippen LogP contribution in [-0.2, 0) is 14.4 Å².